The second-order valence-corrected chi connectivity index (χ2v) is 4.68. The maximum atomic E-state index is 13.5. The minimum absolute atomic E-state index is 0.326. The van der Waals surface area contributed by atoms with Crippen molar-refractivity contribution < 1.29 is 18.7 Å². The summed E-state index contributed by atoms with van der Waals surface area (Å²) in [6.45, 7) is 1.44. The number of halogens is 2. The van der Waals surface area contributed by atoms with Crippen molar-refractivity contribution in [3.63, 3.8) is 0 Å². The number of amides is 2. The van der Waals surface area contributed by atoms with Gasteiger partial charge in [-0.3, -0.25) is 4.98 Å². The maximum absolute atomic E-state index is 13.5. The lowest BCUT2D eigenvalue weighted by Crippen LogP contribution is -2.33. The average Bonchev–Trinajstić information content (AvgIpc) is 2.47. The van der Waals surface area contributed by atoms with Crippen molar-refractivity contribution in [3.05, 3.63) is 59.4 Å². The highest BCUT2D eigenvalue weighted by atomic mass is 19.1. The number of rotatable bonds is 4. The van der Waals surface area contributed by atoms with Gasteiger partial charge in [-0.1, -0.05) is 6.07 Å². The van der Waals surface area contributed by atoms with E-state index < -0.39 is 29.3 Å². The van der Waals surface area contributed by atoms with Gasteiger partial charge in [0.1, 0.15) is 17.7 Å². The van der Waals surface area contributed by atoms with Crippen molar-refractivity contribution in [2.24, 2.45) is 0 Å². The number of anilines is 1. The lowest BCUT2D eigenvalue weighted by molar-refractivity contribution is 0.166. The number of aryl methyl sites for hydroxylation is 1. The van der Waals surface area contributed by atoms with Crippen molar-refractivity contribution in [1.29, 1.82) is 0 Å². The third kappa shape index (κ3) is 3.76. The van der Waals surface area contributed by atoms with Gasteiger partial charge in [-0.25, -0.2) is 13.6 Å². The highest BCUT2D eigenvalue weighted by molar-refractivity contribution is 5.89. The molecule has 2 rings (SSSR count). The minimum Gasteiger partial charge on any atom is -0.386 e. The standard InChI is InChI=1S/C15H15F2N3O2/c1-9-7-18-6-5-12(9)20-15(22)19-8-13(21)14-10(16)3-2-4-11(14)17/h2-7,13,21H,8H2,1H3,(H2,18,19,20,22). The molecule has 1 atom stereocenters. The van der Waals surface area contributed by atoms with Crippen LogP contribution in [0.1, 0.15) is 17.2 Å². The Kier molecular flexibility index (Phi) is 5.00. The van der Waals surface area contributed by atoms with Gasteiger partial charge in [-0.2, -0.15) is 0 Å². The SMILES string of the molecule is Cc1cnccc1NC(=O)NCC(O)c1c(F)cccc1F. The highest BCUT2D eigenvalue weighted by Crippen LogP contribution is 2.20. The molecule has 1 aromatic carbocycles. The Morgan fingerprint density at radius 1 is 1.32 bits per heavy atom. The van der Waals surface area contributed by atoms with Gasteiger partial charge in [0.05, 0.1) is 5.56 Å². The van der Waals surface area contributed by atoms with Gasteiger partial charge in [0.2, 0.25) is 0 Å². The molecule has 0 spiro atoms. The molecule has 1 heterocycles. The van der Waals surface area contributed by atoms with Crippen LogP contribution in [0.2, 0.25) is 0 Å². The Balaban J connectivity index is 1.95. The van der Waals surface area contributed by atoms with E-state index in [0.29, 0.717) is 5.69 Å². The fraction of sp³-hybridized carbons (Fsp3) is 0.200. The molecule has 116 valence electrons. The second-order valence-electron chi connectivity index (χ2n) is 4.68. The molecule has 0 bridgehead atoms. The summed E-state index contributed by atoms with van der Waals surface area (Å²) in [5.74, 6) is -1.72. The first-order valence-electron chi connectivity index (χ1n) is 6.56. The molecular formula is C15H15F2N3O2. The fourth-order valence-corrected chi connectivity index (χ4v) is 1.90. The summed E-state index contributed by atoms with van der Waals surface area (Å²) in [7, 11) is 0. The number of aromatic nitrogens is 1. The van der Waals surface area contributed by atoms with Crippen molar-refractivity contribution >= 4 is 11.7 Å². The molecule has 22 heavy (non-hydrogen) atoms. The van der Waals surface area contributed by atoms with E-state index in [1.807, 2.05) is 0 Å². The summed E-state index contributed by atoms with van der Waals surface area (Å²) in [4.78, 5) is 15.6. The van der Waals surface area contributed by atoms with E-state index >= 15 is 0 Å². The molecule has 0 aliphatic heterocycles. The van der Waals surface area contributed by atoms with Gasteiger partial charge >= 0.3 is 6.03 Å². The van der Waals surface area contributed by atoms with Crippen molar-refractivity contribution in [3.8, 4) is 0 Å². The maximum Gasteiger partial charge on any atom is 0.319 e. The van der Waals surface area contributed by atoms with Crippen molar-refractivity contribution in [2.75, 3.05) is 11.9 Å². The van der Waals surface area contributed by atoms with Crippen LogP contribution in [0.15, 0.2) is 36.7 Å². The zero-order chi connectivity index (χ0) is 16.1. The minimum atomic E-state index is -1.48. The van der Waals surface area contributed by atoms with E-state index in [9.17, 15) is 18.7 Å². The van der Waals surface area contributed by atoms with Gasteiger partial charge in [0, 0.05) is 24.6 Å². The topological polar surface area (TPSA) is 74.2 Å². The molecule has 0 aliphatic rings. The zero-order valence-electron chi connectivity index (χ0n) is 11.8. The molecule has 7 heteroatoms. The van der Waals surface area contributed by atoms with Gasteiger partial charge in [-0.15, -0.1) is 0 Å². The first kappa shape index (κ1) is 15.8. The molecule has 2 aromatic rings. The quantitative estimate of drug-likeness (QED) is 0.812. The molecular weight excluding hydrogens is 292 g/mol. The molecule has 5 nitrogen and oxygen atoms in total. The number of aliphatic hydroxyl groups excluding tert-OH is 1. The predicted octanol–water partition coefficient (Wildman–Crippen LogP) is 2.52. The Morgan fingerprint density at radius 3 is 2.64 bits per heavy atom. The summed E-state index contributed by atoms with van der Waals surface area (Å²) in [5, 5.41) is 14.7. The lowest BCUT2D eigenvalue weighted by atomic mass is 10.1. The molecule has 0 saturated carbocycles. The number of carbonyl (C=O) groups excluding carboxylic acids is 1. The molecule has 3 N–H and O–H groups in total. The zero-order valence-corrected chi connectivity index (χ0v) is 11.8. The van der Waals surface area contributed by atoms with Gasteiger partial charge in [-0.05, 0) is 30.7 Å². The van der Waals surface area contributed by atoms with Crippen LogP contribution in [-0.2, 0) is 0 Å². The molecule has 0 saturated heterocycles. The number of carbonyl (C=O) groups is 1. The smallest absolute Gasteiger partial charge is 0.319 e. The molecule has 0 aliphatic carbocycles. The number of pyridine rings is 1. The van der Waals surface area contributed by atoms with Crippen LogP contribution in [0.25, 0.3) is 0 Å². The third-order valence-electron chi connectivity index (χ3n) is 3.06. The Morgan fingerprint density at radius 2 is 2.00 bits per heavy atom. The summed E-state index contributed by atoms with van der Waals surface area (Å²) in [6.07, 6.45) is 1.62. The Bertz CT molecular complexity index is 659. The lowest BCUT2D eigenvalue weighted by Gasteiger charge is -2.14. The van der Waals surface area contributed by atoms with E-state index in [1.165, 1.54) is 12.3 Å². The van der Waals surface area contributed by atoms with Crippen LogP contribution >= 0.6 is 0 Å². The first-order chi connectivity index (χ1) is 10.5. The summed E-state index contributed by atoms with van der Waals surface area (Å²) < 4.78 is 27.0. The monoisotopic (exact) mass is 307 g/mol. The summed E-state index contributed by atoms with van der Waals surface area (Å²) >= 11 is 0. The third-order valence-corrected chi connectivity index (χ3v) is 3.06. The molecule has 0 radical (unpaired) electrons. The predicted molar refractivity (Wildman–Crippen MR) is 77.3 cm³/mol. The van der Waals surface area contributed by atoms with Crippen LogP contribution in [0.4, 0.5) is 19.3 Å². The summed E-state index contributed by atoms with van der Waals surface area (Å²) in [6, 6.07) is 4.31. The molecule has 1 aromatic heterocycles. The number of hydrogen-bond donors (Lipinski definition) is 3. The normalized spacial score (nSPS) is 11.8. The van der Waals surface area contributed by atoms with E-state index in [1.54, 1.807) is 19.2 Å². The molecule has 0 fully saturated rings. The van der Waals surface area contributed by atoms with E-state index in [-0.39, 0.29) is 6.54 Å². The van der Waals surface area contributed by atoms with Crippen molar-refractivity contribution in [2.45, 2.75) is 13.0 Å². The average molecular weight is 307 g/mol. The summed E-state index contributed by atoms with van der Waals surface area (Å²) in [5.41, 5.74) is 0.848. The number of aliphatic hydroxyl groups is 1. The highest BCUT2D eigenvalue weighted by Gasteiger charge is 2.18. The number of hydrogen-bond acceptors (Lipinski definition) is 3. The Labute approximate surface area is 126 Å². The van der Waals surface area contributed by atoms with Gasteiger partial charge in [0.25, 0.3) is 0 Å². The van der Waals surface area contributed by atoms with E-state index in [2.05, 4.69) is 15.6 Å². The number of benzene rings is 1. The first-order valence-corrected chi connectivity index (χ1v) is 6.56. The van der Waals surface area contributed by atoms with E-state index in [0.717, 1.165) is 17.7 Å². The number of nitrogens with one attached hydrogen (secondary N) is 2. The number of urea groups is 1. The largest absolute Gasteiger partial charge is 0.386 e. The van der Waals surface area contributed by atoms with Crippen LogP contribution in [0, 0.1) is 18.6 Å². The van der Waals surface area contributed by atoms with Crippen LogP contribution in [0.5, 0.6) is 0 Å². The van der Waals surface area contributed by atoms with Crippen LogP contribution < -0.4 is 10.6 Å². The van der Waals surface area contributed by atoms with Crippen LogP contribution in [-0.4, -0.2) is 22.7 Å². The molecule has 2 amide bonds. The Hall–Kier alpha value is -2.54. The van der Waals surface area contributed by atoms with Gasteiger partial charge in [0.15, 0.2) is 0 Å². The van der Waals surface area contributed by atoms with E-state index in [4.69, 9.17) is 0 Å². The fourth-order valence-electron chi connectivity index (χ4n) is 1.90. The van der Waals surface area contributed by atoms with Gasteiger partial charge < -0.3 is 15.7 Å². The van der Waals surface area contributed by atoms with Crippen LogP contribution in [0.3, 0.4) is 0 Å². The van der Waals surface area contributed by atoms with Crippen molar-refractivity contribution in [1.82, 2.24) is 10.3 Å². The molecule has 1 unspecified atom stereocenters. The second kappa shape index (κ2) is 6.95. The number of nitrogens with zero attached hydrogens (tertiary/aromatic N) is 1.